The highest BCUT2D eigenvalue weighted by Crippen LogP contribution is 2.25. The number of carbonyl (C=O) groups is 1. The minimum atomic E-state index is 0.106. The first-order valence-corrected chi connectivity index (χ1v) is 10.2. The monoisotopic (exact) mass is 351 g/mol. The molecule has 0 radical (unpaired) electrons. The normalized spacial score (nSPS) is 22.5. The lowest BCUT2D eigenvalue weighted by atomic mass is 9.89. The number of piperidine rings is 1. The maximum Gasteiger partial charge on any atom is 0.230 e. The van der Waals surface area contributed by atoms with Crippen LogP contribution >= 0.6 is 11.8 Å². The van der Waals surface area contributed by atoms with E-state index in [0.29, 0.717) is 17.6 Å². The molecule has 1 aromatic heterocycles. The predicted octanol–water partition coefficient (Wildman–Crippen LogP) is 2.07. The van der Waals surface area contributed by atoms with Gasteiger partial charge in [0.1, 0.15) is 5.82 Å². The highest BCUT2D eigenvalue weighted by atomic mass is 32.2. The molecule has 0 bridgehead atoms. The molecule has 0 unspecified atom stereocenters. The van der Waals surface area contributed by atoms with Crippen molar-refractivity contribution >= 4 is 17.7 Å². The first-order chi connectivity index (χ1) is 11.7. The Hall–Kier alpha value is -1.08. The van der Waals surface area contributed by atoms with Crippen LogP contribution in [0.25, 0.3) is 0 Å². The molecular weight excluding hydrogens is 322 g/mol. The fourth-order valence-electron chi connectivity index (χ4n) is 3.71. The Morgan fingerprint density at radius 2 is 2.08 bits per heavy atom. The Labute approximate surface area is 148 Å². The molecule has 3 rings (SSSR count). The zero-order chi connectivity index (χ0) is 16.8. The number of aromatic nitrogens is 3. The minimum absolute atomic E-state index is 0.106. The van der Waals surface area contributed by atoms with Crippen molar-refractivity contribution in [3.63, 3.8) is 0 Å². The Bertz CT molecular complexity index is 535. The molecule has 0 aromatic carbocycles. The van der Waals surface area contributed by atoms with Crippen molar-refractivity contribution in [2.45, 2.75) is 56.0 Å². The quantitative estimate of drug-likeness (QED) is 0.768. The molecule has 1 aromatic rings. The summed E-state index contributed by atoms with van der Waals surface area (Å²) in [5, 5.41) is 16.0. The number of thioether (sulfide) groups is 1. The topological polar surface area (TPSA) is 71.8 Å². The van der Waals surface area contributed by atoms with Gasteiger partial charge in [-0.1, -0.05) is 31.0 Å². The van der Waals surface area contributed by atoms with Crippen LogP contribution in [0.4, 0.5) is 0 Å². The summed E-state index contributed by atoms with van der Waals surface area (Å²) >= 11 is 1.48. The van der Waals surface area contributed by atoms with Crippen LogP contribution in [-0.4, -0.2) is 46.1 Å². The van der Waals surface area contributed by atoms with Crippen LogP contribution in [0.5, 0.6) is 0 Å². The van der Waals surface area contributed by atoms with E-state index in [-0.39, 0.29) is 5.91 Å². The van der Waals surface area contributed by atoms with Crippen LogP contribution in [0.3, 0.4) is 0 Å². The van der Waals surface area contributed by atoms with Gasteiger partial charge in [-0.25, -0.2) is 0 Å². The Balaban J connectivity index is 1.44. The standard InChI is InChI=1S/C17H29N5OS/c1-22-16(14-8-5-9-18-11-14)20-21-17(22)24-12-15(23)19-10-13-6-3-2-4-7-13/h13-14,18H,2-12H2,1H3,(H,19,23)/t14-/m1/s1. The molecule has 24 heavy (non-hydrogen) atoms. The van der Waals surface area contributed by atoms with Crippen molar-refractivity contribution in [2.24, 2.45) is 13.0 Å². The smallest absolute Gasteiger partial charge is 0.230 e. The molecular formula is C17H29N5OS. The summed E-state index contributed by atoms with van der Waals surface area (Å²) < 4.78 is 2.05. The summed E-state index contributed by atoms with van der Waals surface area (Å²) in [5.74, 6) is 2.67. The maximum atomic E-state index is 12.1. The predicted molar refractivity (Wildman–Crippen MR) is 96.2 cm³/mol. The summed E-state index contributed by atoms with van der Waals surface area (Å²) in [7, 11) is 2.01. The molecule has 1 atom stereocenters. The number of rotatable bonds is 6. The number of nitrogens with one attached hydrogen (secondary N) is 2. The first kappa shape index (κ1) is 17.7. The van der Waals surface area contributed by atoms with Gasteiger partial charge < -0.3 is 15.2 Å². The molecule has 2 aliphatic rings. The van der Waals surface area contributed by atoms with Crippen LogP contribution in [-0.2, 0) is 11.8 Å². The molecule has 1 saturated heterocycles. The lowest BCUT2D eigenvalue weighted by Gasteiger charge is -2.22. The van der Waals surface area contributed by atoms with Gasteiger partial charge in [-0.15, -0.1) is 10.2 Å². The second-order valence-corrected chi connectivity index (χ2v) is 7.98. The molecule has 1 aliphatic carbocycles. The van der Waals surface area contributed by atoms with Crippen molar-refractivity contribution in [3.8, 4) is 0 Å². The van der Waals surface area contributed by atoms with E-state index in [2.05, 4.69) is 25.4 Å². The van der Waals surface area contributed by atoms with E-state index in [1.807, 2.05) is 7.05 Å². The third-order valence-corrected chi connectivity index (χ3v) is 6.20. The van der Waals surface area contributed by atoms with E-state index in [4.69, 9.17) is 0 Å². The van der Waals surface area contributed by atoms with Crippen LogP contribution in [0.15, 0.2) is 5.16 Å². The minimum Gasteiger partial charge on any atom is -0.355 e. The second kappa shape index (κ2) is 8.85. The van der Waals surface area contributed by atoms with E-state index in [1.165, 1.54) is 50.3 Å². The summed E-state index contributed by atoms with van der Waals surface area (Å²) in [5.41, 5.74) is 0. The van der Waals surface area contributed by atoms with Gasteiger partial charge >= 0.3 is 0 Å². The average molecular weight is 352 g/mol. The highest BCUT2D eigenvalue weighted by Gasteiger charge is 2.22. The van der Waals surface area contributed by atoms with Crippen molar-refractivity contribution in [3.05, 3.63) is 5.82 Å². The van der Waals surface area contributed by atoms with Gasteiger partial charge in [0.2, 0.25) is 5.91 Å². The highest BCUT2D eigenvalue weighted by molar-refractivity contribution is 7.99. The first-order valence-electron chi connectivity index (χ1n) is 9.23. The molecule has 1 aliphatic heterocycles. The Morgan fingerprint density at radius 1 is 1.25 bits per heavy atom. The van der Waals surface area contributed by atoms with Gasteiger partial charge in [-0.2, -0.15) is 0 Å². The summed E-state index contributed by atoms with van der Waals surface area (Å²) in [6, 6.07) is 0. The van der Waals surface area contributed by atoms with Crippen molar-refractivity contribution < 1.29 is 4.79 Å². The molecule has 2 heterocycles. The molecule has 2 N–H and O–H groups in total. The molecule has 1 amide bonds. The van der Waals surface area contributed by atoms with Crippen LogP contribution in [0.2, 0.25) is 0 Å². The maximum absolute atomic E-state index is 12.1. The fourth-order valence-corrected chi connectivity index (χ4v) is 4.46. The summed E-state index contributed by atoms with van der Waals surface area (Å²) in [6.45, 7) is 2.90. The average Bonchev–Trinajstić information content (AvgIpc) is 3.00. The van der Waals surface area contributed by atoms with E-state index in [9.17, 15) is 4.79 Å². The Kier molecular flexibility index (Phi) is 6.54. The fraction of sp³-hybridized carbons (Fsp3) is 0.824. The molecule has 7 heteroatoms. The number of carbonyl (C=O) groups excluding carboxylic acids is 1. The van der Waals surface area contributed by atoms with Crippen molar-refractivity contribution in [1.82, 2.24) is 25.4 Å². The zero-order valence-corrected chi connectivity index (χ0v) is 15.4. The molecule has 2 fully saturated rings. The lowest BCUT2D eigenvalue weighted by molar-refractivity contribution is -0.118. The van der Waals surface area contributed by atoms with Crippen molar-refractivity contribution in [2.75, 3.05) is 25.4 Å². The third kappa shape index (κ3) is 4.72. The van der Waals surface area contributed by atoms with Gasteiger partial charge in [0.15, 0.2) is 5.16 Å². The van der Waals surface area contributed by atoms with Gasteiger partial charge in [-0.3, -0.25) is 4.79 Å². The van der Waals surface area contributed by atoms with Gasteiger partial charge in [0.25, 0.3) is 0 Å². The molecule has 134 valence electrons. The number of nitrogens with zero attached hydrogens (tertiary/aromatic N) is 3. The summed E-state index contributed by atoms with van der Waals surface area (Å²) in [6.07, 6.45) is 8.84. The molecule has 1 saturated carbocycles. The van der Waals surface area contributed by atoms with E-state index < -0.39 is 0 Å². The van der Waals surface area contributed by atoms with E-state index in [0.717, 1.165) is 37.0 Å². The zero-order valence-electron chi connectivity index (χ0n) is 14.6. The van der Waals surface area contributed by atoms with Gasteiger partial charge in [0, 0.05) is 26.1 Å². The molecule has 0 spiro atoms. The van der Waals surface area contributed by atoms with Crippen LogP contribution < -0.4 is 10.6 Å². The van der Waals surface area contributed by atoms with Crippen molar-refractivity contribution in [1.29, 1.82) is 0 Å². The molecule has 6 nitrogen and oxygen atoms in total. The van der Waals surface area contributed by atoms with Crippen LogP contribution in [0.1, 0.15) is 56.7 Å². The van der Waals surface area contributed by atoms with E-state index in [1.54, 1.807) is 0 Å². The SMILES string of the molecule is Cn1c(SCC(=O)NCC2CCCCC2)nnc1[C@@H]1CCCNC1. The number of amides is 1. The van der Waals surface area contributed by atoms with E-state index >= 15 is 0 Å². The van der Waals surface area contributed by atoms with Gasteiger partial charge in [-0.05, 0) is 38.1 Å². The largest absolute Gasteiger partial charge is 0.355 e. The van der Waals surface area contributed by atoms with Crippen LogP contribution in [0, 0.1) is 5.92 Å². The second-order valence-electron chi connectivity index (χ2n) is 7.04. The Morgan fingerprint density at radius 3 is 2.83 bits per heavy atom. The number of hydrogen-bond acceptors (Lipinski definition) is 5. The number of hydrogen-bond donors (Lipinski definition) is 2. The van der Waals surface area contributed by atoms with Gasteiger partial charge in [0.05, 0.1) is 5.75 Å². The summed E-state index contributed by atoms with van der Waals surface area (Å²) in [4.78, 5) is 12.1. The lowest BCUT2D eigenvalue weighted by Crippen LogP contribution is -2.31. The third-order valence-electron chi connectivity index (χ3n) is 5.18.